The van der Waals surface area contributed by atoms with E-state index in [4.69, 9.17) is 0 Å². The van der Waals surface area contributed by atoms with Crippen molar-refractivity contribution in [2.75, 3.05) is 10.6 Å². The van der Waals surface area contributed by atoms with Crippen LogP contribution < -0.4 is 21.9 Å². The van der Waals surface area contributed by atoms with Crippen molar-refractivity contribution in [1.82, 2.24) is 9.97 Å². The molecule has 2 rings (SSSR count). The van der Waals surface area contributed by atoms with Gasteiger partial charge in [0.05, 0.1) is 0 Å². The number of nitrogens with one attached hydrogen (secondary N) is 4. The van der Waals surface area contributed by atoms with Gasteiger partial charge in [0.2, 0.25) is 11.8 Å². The summed E-state index contributed by atoms with van der Waals surface area (Å²) in [6.45, 7) is 7.06. The quantitative estimate of drug-likeness (QED) is 0.640. The van der Waals surface area contributed by atoms with Crippen molar-refractivity contribution in [3.8, 4) is 0 Å². The molecule has 1 aromatic heterocycles. The number of hydrogen-bond acceptors (Lipinski definition) is 4. The predicted octanol–water partition coefficient (Wildman–Crippen LogP) is 1.93. The number of benzene rings is 1. The number of aryl methyl sites for hydroxylation is 1. The highest BCUT2D eigenvalue weighted by Gasteiger charge is 2.21. The Morgan fingerprint density at radius 3 is 2.26 bits per heavy atom. The molecular formula is C19H24N4O4. The van der Waals surface area contributed by atoms with Crippen LogP contribution in [0.25, 0.3) is 0 Å². The minimum atomic E-state index is -0.570. The Balaban J connectivity index is 2.00. The topological polar surface area (TPSA) is 124 Å². The Morgan fingerprint density at radius 1 is 1.04 bits per heavy atom. The molecule has 0 unspecified atom stereocenters. The van der Waals surface area contributed by atoms with Crippen LogP contribution in [-0.2, 0) is 16.0 Å². The molecule has 8 heteroatoms. The van der Waals surface area contributed by atoms with Gasteiger partial charge in [-0.1, -0.05) is 26.8 Å². The lowest BCUT2D eigenvalue weighted by Crippen LogP contribution is -2.28. The Labute approximate surface area is 156 Å². The minimum absolute atomic E-state index is 0.0779. The summed E-state index contributed by atoms with van der Waals surface area (Å²) >= 11 is 0. The average Bonchev–Trinajstić information content (AvgIpc) is 2.53. The summed E-state index contributed by atoms with van der Waals surface area (Å²) in [7, 11) is 0. The van der Waals surface area contributed by atoms with Gasteiger partial charge in [0.15, 0.2) is 0 Å². The van der Waals surface area contributed by atoms with Crippen molar-refractivity contribution >= 4 is 23.2 Å². The van der Waals surface area contributed by atoms with Gasteiger partial charge >= 0.3 is 5.69 Å². The SMILES string of the molecule is Cc1[nH]c(=O)[nH]c(=O)c1CCC(=O)Nc1cccc(NC(=O)C(C)(C)C)c1. The fourth-order valence-corrected chi connectivity index (χ4v) is 2.38. The van der Waals surface area contributed by atoms with Crippen LogP contribution in [0, 0.1) is 12.3 Å². The first-order valence-corrected chi connectivity index (χ1v) is 8.59. The van der Waals surface area contributed by atoms with E-state index in [-0.39, 0.29) is 24.7 Å². The lowest BCUT2D eigenvalue weighted by atomic mass is 9.95. The summed E-state index contributed by atoms with van der Waals surface area (Å²) in [5.74, 6) is -0.405. The van der Waals surface area contributed by atoms with Gasteiger partial charge < -0.3 is 15.6 Å². The molecule has 0 spiro atoms. The standard InChI is InChI=1S/C19H24N4O4/c1-11-14(16(25)23-18(27)20-11)8-9-15(24)21-12-6-5-7-13(10-12)22-17(26)19(2,3)4/h5-7,10H,8-9H2,1-4H3,(H,21,24)(H,22,26)(H2,20,23,25,27). The van der Waals surface area contributed by atoms with Crippen molar-refractivity contribution in [1.29, 1.82) is 0 Å². The number of anilines is 2. The fraction of sp³-hybridized carbons (Fsp3) is 0.368. The summed E-state index contributed by atoms with van der Waals surface area (Å²) in [5, 5.41) is 5.54. The molecule has 0 aliphatic carbocycles. The van der Waals surface area contributed by atoms with Crippen LogP contribution in [0.2, 0.25) is 0 Å². The van der Waals surface area contributed by atoms with Crippen LogP contribution in [0.5, 0.6) is 0 Å². The van der Waals surface area contributed by atoms with Crippen molar-refractivity contribution in [2.24, 2.45) is 5.41 Å². The maximum absolute atomic E-state index is 12.2. The van der Waals surface area contributed by atoms with E-state index in [0.29, 0.717) is 22.6 Å². The molecule has 27 heavy (non-hydrogen) atoms. The number of aromatic amines is 2. The third kappa shape index (κ3) is 5.67. The summed E-state index contributed by atoms with van der Waals surface area (Å²) in [6.07, 6.45) is 0.277. The van der Waals surface area contributed by atoms with E-state index in [1.54, 1.807) is 31.2 Å². The van der Waals surface area contributed by atoms with Crippen LogP contribution >= 0.6 is 0 Å². The number of aromatic nitrogens is 2. The number of carbonyl (C=O) groups excluding carboxylic acids is 2. The third-order valence-electron chi connectivity index (χ3n) is 3.94. The summed E-state index contributed by atoms with van der Waals surface area (Å²) in [5.41, 5.74) is 0.357. The molecule has 0 aliphatic rings. The Bertz CT molecular complexity index is 967. The zero-order chi connectivity index (χ0) is 20.2. The molecule has 0 bridgehead atoms. The van der Waals surface area contributed by atoms with E-state index >= 15 is 0 Å². The Kier molecular flexibility index (Phi) is 5.99. The van der Waals surface area contributed by atoms with E-state index in [1.165, 1.54) is 0 Å². The van der Waals surface area contributed by atoms with E-state index < -0.39 is 16.7 Å². The molecule has 0 radical (unpaired) electrons. The maximum atomic E-state index is 12.2. The van der Waals surface area contributed by atoms with Crippen LogP contribution in [0.3, 0.4) is 0 Å². The molecule has 1 aromatic carbocycles. The number of amides is 2. The van der Waals surface area contributed by atoms with Gasteiger partial charge in [0.25, 0.3) is 5.56 Å². The van der Waals surface area contributed by atoms with Crippen molar-refractivity contribution < 1.29 is 9.59 Å². The molecule has 2 aromatic rings. The summed E-state index contributed by atoms with van der Waals surface area (Å²) in [6, 6.07) is 6.84. The van der Waals surface area contributed by atoms with Gasteiger partial charge in [-0.2, -0.15) is 0 Å². The second-order valence-electron chi connectivity index (χ2n) is 7.34. The largest absolute Gasteiger partial charge is 0.326 e. The molecule has 0 aliphatic heterocycles. The molecule has 0 saturated carbocycles. The molecule has 0 atom stereocenters. The van der Waals surface area contributed by atoms with Gasteiger partial charge in [-0.15, -0.1) is 0 Å². The second-order valence-corrected chi connectivity index (χ2v) is 7.34. The second kappa shape index (κ2) is 8.03. The molecule has 8 nitrogen and oxygen atoms in total. The van der Waals surface area contributed by atoms with Crippen LogP contribution in [0.15, 0.2) is 33.9 Å². The molecule has 2 amide bonds. The van der Waals surface area contributed by atoms with E-state index in [9.17, 15) is 19.2 Å². The first-order chi connectivity index (χ1) is 12.6. The zero-order valence-corrected chi connectivity index (χ0v) is 15.9. The Morgan fingerprint density at radius 2 is 1.67 bits per heavy atom. The highest BCUT2D eigenvalue weighted by atomic mass is 16.2. The van der Waals surface area contributed by atoms with Gasteiger partial charge in [-0.05, 0) is 31.5 Å². The molecule has 0 fully saturated rings. The summed E-state index contributed by atoms with van der Waals surface area (Å²) in [4.78, 5) is 51.9. The van der Waals surface area contributed by atoms with E-state index in [2.05, 4.69) is 20.6 Å². The van der Waals surface area contributed by atoms with Gasteiger partial charge in [0, 0.05) is 34.5 Å². The number of rotatable bonds is 5. The molecule has 4 N–H and O–H groups in total. The lowest BCUT2D eigenvalue weighted by Gasteiger charge is -2.18. The zero-order valence-electron chi connectivity index (χ0n) is 15.9. The maximum Gasteiger partial charge on any atom is 0.325 e. The molecule has 1 heterocycles. The first kappa shape index (κ1) is 20.2. The Hall–Kier alpha value is -3.16. The third-order valence-corrected chi connectivity index (χ3v) is 3.94. The average molecular weight is 372 g/mol. The highest BCUT2D eigenvalue weighted by molar-refractivity contribution is 5.96. The highest BCUT2D eigenvalue weighted by Crippen LogP contribution is 2.20. The van der Waals surface area contributed by atoms with Crippen LogP contribution in [-0.4, -0.2) is 21.8 Å². The fourth-order valence-electron chi connectivity index (χ4n) is 2.38. The van der Waals surface area contributed by atoms with Crippen molar-refractivity contribution in [2.45, 2.75) is 40.5 Å². The van der Waals surface area contributed by atoms with Crippen molar-refractivity contribution in [3.63, 3.8) is 0 Å². The minimum Gasteiger partial charge on any atom is -0.326 e. The van der Waals surface area contributed by atoms with Crippen molar-refractivity contribution in [3.05, 3.63) is 56.4 Å². The van der Waals surface area contributed by atoms with Gasteiger partial charge in [0.1, 0.15) is 0 Å². The predicted molar refractivity (Wildman–Crippen MR) is 104 cm³/mol. The van der Waals surface area contributed by atoms with Gasteiger partial charge in [-0.3, -0.25) is 19.4 Å². The van der Waals surface area contributed by atoms with E-state index in [0.717, 1.165) is 0 Å². The first-order valence-electron chi connectivity index (χ1n) is 8.59. The molecular weight excluding hydrogens is 348 g/mol. The summed E-state index contributed by atoms with van der Waals surface area (Å²) < 4.78 is 0. The monoisotopic (exact) mass is 372 g/mol. The van der Waals surface area contributed by atoms with Gasteiger partial charge in [-0.25, -0.2) is 4.79 Å². The molecule has 0 saturated heterocycles. The lowest BCUT2D eigenvalue weighted by molar-refractivity contribution is -0.123. The number of H-pyrrole nitrogens is 2. The van der Waals surface area contributed by atoms with E-state index in [1.807, 2.05) is 20.8 Å². The number of hydrogen-bond donors (Lipinski definition) is 4. The van der Waals surface area contributed by atoms with Crippen LogP contribution in [0.1, 0.15) is 38.4 Å². The van der Waals surface area contributed by atoms with Crippen LogP contribution in [0.4, 0.5) is 11.4 Å². The molecule has 144 valence electrons. The number of carbonyl (C=O) groups is 2. The normalized spacial score (nSPS) is 11.1. The smallest absolute Gasteiger partial charge is 0.325 e.